The Labute approximate surface area is 201 Å². The summed E-state index contributed by atoms with van der Waals surface area (Å²) in [4.78, 5) is 26.7. The van der Waals surface area contributed by atoms with Crippen molar-refractivity contribution in [3.63, 3.8) is 0 Å². The van der Waals surface area contributed by atoms with Gasteiger partial charge in [0.25, 0.3) is 5.91 Å². The summed E-state index contributed by atoms with van der Waals surface area (Å²) in [5, 5.41) is 11.6. The largest absolute Gasteiger partial charge is 0.398 e. The molecule has 0 spiro atoms. The zero-order valence-corrected chi connectivity index (χ0v) is 20.3. The van der Waals surface area contributed by atoms with Gasteiger partial charge in [-0.2, -0.15) is 13.2 Å². The third-order valence-corrected chi connectivity index (χ3v) is 7.50. The maximum atomic E-state index is 13.8. The average Bonchev–Trinajstić information content (AvgIpc) is 3.16. The van der Waals surface area contributed by atoms with Gasteiger partial charge in [-0.1, -0.05) is 18.2 Å². The number of benzene rings is 2. The van der Waals surface area contributed by atoms with Gasteiger partial charge in [0.15, 0.2) is 9.84 Å². The SMILES string of the molecule is CC(=O)N1Cc2cc(S(C)(=O)=O)ccc2C1C(=O)Nc1ccc(C(C)(CCCO)C(F)(F)F)cc1. The normalized spacial score (nSPS) is 17.6. The van der Waals surface area contributed by atoms with E-state index in [-0.39, 0.29) is 48.0 Å². The molecule has 7 nitrogen and oxygen atoms in total. The van der Waals surface area contributed by atoms with Crippen molar-refractivity contribution in [3.05, 3.63) is 59.2 Å². The summed E-state index contributed by atoms with van der Waals surface area (Å²) in [5.41, 5.74) is -0.902. The number of hydrogen-bond donors (Lipinski definition) is 2. The summed E-state index contributed by atoms with van der Waals surface area (Å²) in [6.07, 6.45) is -3.78. The second-order valence-electron chi connectivity index (χ2n) is 8.91. The Hall–Kier alpha value is -2.92. The van der Waals surface area contributed by atoms with E-state index in [0.717, 1.165) is 13.2 Å². The van der Waals surface area contributed by atoms with Crippen molar-refractivity contribution < 1.29 is 36.3 Å². The lowest BCUT2D eigenvalue weighted by atomic mass is 9.78. The highest BCUT2D eigenvalue weighted by Crippen LogP contribution is 2.44. The summed E-state index contributed by atoms with van der Waals surface area (Å²) in [7, 11) is -3.48. The minimum absolute atomic E-state index is 0.00123. The Morgan fingerprint density at radius 3 is 2.29 bits per heavy atom. The van der Waals surface area contributed by atoms with Crippen molar-refractivity contribution in [1.82, 2.24) is 4.90 Å². The fourth-order valence-electron chi connectivity index (χ4n) is 4.25. The predicted molar refractivity (Wildman–Crippen MR) is 123 cm³/mol. The summed E-state index contributed by atoms with van der Waals surface area (Å²) < 4.78 is 65.1. The molecule has 2 amide bonds. The van der Waals surface area contributed by atoms with Gasteiger partial charge in [0, 0.05) is 32.0 Å². The van der Waals surface area contributed by atoms with Crippen LogP contribution in [0.1, 0.15) is 49.4 Å². The first-order valence-electron chi connectivity index (χ1n) is 10.9. The zero-order chi connectivity index (χ0) is 26.2. The number of hydrogen-bond acceptors (Lipinski definition) is 5. The zero-order valence-electron chi connectivity index (χ0n) is 19.5. The number of aliphatic hydroxyl groups excluding tert-OH is 1. The Kier molecular flexibility index (Phi) is 7.33. The molecule has 2 atom stereocenters. The minimum atomic E-state index is -4.53. The highest BCUT2D eigenvalue weighted by molar-refractivity contribution is 7.90. The number of amides is 2. The molecule has 0 aromatic heterocycles. The molecule has 0 bridgehead atoms. The van der Waals surface area contributed by atoms with Gasteiger partial charge < -0.3 is 15.3 Å². The van der Waals surface area contributed by atoms with Crippen LogP contribution in [0.4, 0.5) is 18.9 Å². The van der Waals surface area contributed by atoms with Gasteiger partial charge >= 0.3 is 6.18 Å². The van der Waals surface area contributed by atoms with E-state index in [9.17, 15) is 31.2 Å². The average molecular weight is 513 g/mol. The number of nitrogens with zero attached hydrogens (tertiary/aromatic N) is 1. The number of nitrogens with one attached hydrogen (secondary N) is 1. The highest BCUT2D eigenvalue weighted by atomic mass is 32.2. The first-order valence-corrected chi connectivity index (χ1v) is 12.8. The van der Waals surface area contributed by atoms with Gasteiger partial charge in [-0.15, -0.1) is 0 Å². The maximum absolute atomic E-state index is 13.8. The number of aliphatic hydroxyl groups is 1. The van der Waals surface area contributed by atoms with Gasteiger partial charge in [0.1, 0.15) is 6.04 Å². The van der Waals surface area contributed by atoms with Crippen molar-refractivity contribution in [2.24, 2.45) is 0 Å². The molecule has 1 aliphatic heterocycles. The van der Waals surface area contributed by atoms with Crippen LogP contribution in [0, 0.1) is 0 Å². The molecule has 35 heavy (non-hydrogen) atoms. The third-order valence-electron chi connectivity index (χ3n) is 6.39. The van der Waals surface area contributed by atoms with Gasteiger partial charge in [-0.05, 0) is 60.7 Å². The van der Waals surface area contributed by atoms with E-state index in [1.807, 2.05) is 0 Å². The topological polar surface area (TPSA) is 104 Å². The number of halogens is 3. The molecular weight excluding hydrogens is 485 g/mol. The van der Waals surface area contributed by atoms with Crippen molar-refractivity contribution in [3.8, 4) is 0 Å². The van der Waals surface area contributed by atoms with E-state index in [1.165, 1.54) is 54.3 Å². The number of sulfone groups is 1. The third kappa shape index (κ3) is 5.35. The number of fused-ring (bicyclic) bond motifs is 1. The van der Waals surface area contributed by atoms with Crippen molar-refractivity contribution in [1.29, 1.82) is 0 Å². The van der Waals surface area contributed by atoms with Crippen molar-refractivity contribution in [2.45, 2.75) is 55.8 Å². The molecular formula is C24H27F3N2O5S. The van der Waals surface area contributed by atoms with Crippen LogP contribution in [-0.2, 0) is 31.4 Å². The smallest absolute Gasteiger partial charge is 0.396 e. The van der Waals surface area contributed by atoms with Crippen LogP contribution in [-0.4, -0.2) is 49.3 Å². The molecule has 190 valence electrons. The molecule has 0 saturated carbocycles. The fraction of sp³-hybridized carbons (Fsp3) is 0.417. The van der Waals surface area contributed by atoms with E-state index >= 15 is 0 Å². The molecule has 1 aliphatic rings. The van der Waals surface area contributed by atoms with Crippen LogP contribution < -0.4 is 5.32 Å². The lowest BCUT2D eigenvalue weighted by molar-refractivity contribution is -0.188. The fourth-order valence-corrected chi connectivity index (χ4v) is 4.92. The second kappa shape index (κ2) is 9.62. The molecule has 0 saturated heterocycles. The first-order chi connectivity index (χ1) is 16.2. The molecule has 0 radical (unpaired) electrons. The molecule has 2 N–H and O–H groups in total. The van der Waals surface area contributed by atoms with Crippen molar-refractivity contribution in [2.75, 3.05) is 18.2 Å². The molecule has 2 aromatic rings. The van der Waals surface area contributed by atoms with E-state index < -0.39 is 33.4 Å². The van der Waals surface area contributed by atoms with E-state index in [0.29, 0.717) is 11.1 Å². The Morgan fingerprint density at radius 2 is 1.77 bits per heavy atom. The molecule has 0 fully saturated rings. The lowest BCUT2D eigenvalue weighted by Gasteiger charge is -2.32. The minimum Gasteiger partial charge on any atom is -0.396 e. The van der Waals surface area contributed by atoms with Gasteiger partial charge in [0.2, 0.25) is 5.91 Å². The summed E-state index contributed by atoms with van der Waals surface area (Å²) >= 11 is 0. The Balaban J connectivity index is 1.87. The number of anilines is 1. The monoisotopic (exact) mass is 512 g/mol. The van der Waals surface area contributed by atoms with Gasteiger partial charge in [0.05, 0.1) is 10.3 Å². The summed E-state index contributed by atoms with van der Waals surface area (Å²) in [6.45, 7) is 2.06. The Bertz CT molecular complexity index is 1230. The lowest BCUT2D eigenvalue weighted by Crippen LogP contribution is -2.39. The summed E-state index contributed by atoms with van der Waals surface area (Å²) in [6, 6.07) is 8.57. The van der Waals surface area contributed by atoms with Crippen molar-refractivity contribution >= 4 is 27.3 Å². The van der Waals surface area contributed by atoms with Crippen LogP contribution in [0.2, 0.25) is 0 Å². The predicted octanol–water partition coefficient (Wildman–Crippen LogP) is 3.72. The second-order valence-corrected chi connectivity index (χ2v) is 10.9. The van der Waals surface area contributed by atoms with Gasteiger partial charge in [-0.3, -0.25) is 9.59 Å². The molecule has 3 rings (SSSR count). The molecule has 0 aliphatic carbocycles. The van der Waals surface area contributed by atoms with Gasteiger partial charge in [-0.25, -0.2) is 8.42 Å². The molecule has 2 aromatic carbocycles. The van der Waals surface area contributed by atoms with E-state index in [2.05, 4.69) is 5.32 Å². The maximum Gasteiger partial charge on any atom is 0.398 e. The quantitative estimate of drug-likeness (QED) is 0.589. The number of alkyl halides is 3. The number of rotatable bonds is 7. The number of carbonyl (C=O) groups is 2. The molecule has 11 heteroatoms. The summed E-state index contributed by atoms with van der Waals surface area (Å²) in [5.74, 6) is -0.958. The van der Waals surface area contributed by atoms with E-state index in [4.69, 9.17) is 5.11 Å². The van der Waals surface area contributed by atoms with Crippen LogP contribution in [0.25, 0.3) is 0 Å². The highest BCUT2D eigenvalue weighted by Gasteiger charge is 2.51. The van der Waals surface area contributed by atoms with E-state index in [1.54, 1.807) is 0 Å². The van der Waals surface area contributed by atoms with Crippen LogP contribution in [0.3, 0.4) is 0 Å². The van der Waals surface area contributed by atoms with Crippen LogP contribution in [0.5, 0.6) is 0 Å². The number of carbonyl (C=O) groups excluding carboxylic acids is 2. The van der Waals surface area contributed by atoms with Crippen LogP contribution in [0.15, 0.2) is 47.4 Å². The molecule has 2 unspecified atom stereocenters. The first kappa shape index (κ1) is 26.7. The van der Waals surface area contributed by atoms with Crippen LogP contribution >= 0.6 is 0 Å². The Morgan fingerprint density at radius 1 is 1.14 bits per heavy atom. The molecule has 1 heterocycles. The standard InChI is InChI=1S/C24H27F3N2O5S/c1-15(31)29-14-16-13-19(35(3,33)34)9-10-20(16)21(29)22(32)28-18-7-5-17(6-8-18)23(2,11-4-12-30)24(25,26)27/h5-10,13,21,30H,4,11-12,14H2,1-3H3,(H,28,32).